The number of fused-ring (bicyclic) bond motifs is 1. The molecule has 24 heavy (non-hydrogen) atoms. The summed E-state index contributed by atoms with van der Waals surface area (Å²) in [6, 6.07) is 5.66. The van der Waals surface area contributed by atoms with Gasteiger partial charge in [0.05, 0.1) is 17.4 Å². The maximum atomic E-state index is 12.4. The van der Waals surface area contributed by atoms with Gasteiger partial charge in [0.25, 0.3) is 5.56 Å². The fraction of sp³-hybridized carbons (Fsp3) is 0.471. The Hall–Kier alpha value is -2.41. The van der Waals surface area contributed by atoms with Crippen LogP contribution in [0.2, 0.25) is 0 Å². The molecule has 7 heteroatoms. The van der Waals surface area contributed by atoms with Gasteiger partial charge in [0.1, 0.15) is 5.76 Å². The Labute approximate surface area is 139 Å². The fourth-order valence-electron chi connectivity index (χ4n) is 3.52. The molecule has 1 N–H and O–H groups in total. The molecule has 0 unspecified atom stereocenters. The fourth-order valence-corrected chi connectivity index (χ4v) is 3.52. The van der Waals surface area contributed by atoms with Crippen molar-refractivity contribution in [1.29, 1.82) is 0 Å². The second-order valence-electron chi connectivity index (χ2n) is 6.56. The highest BCUT2D eigenvalue weighted by Gasteiger charge is 2.26. The first-order valence-electron chi connectivity index (χ1n) is 8.36. The monoisotopic (exact) mass is 327 g/mol. The number of piperidine rings is 1. The van der Waals surface area contributed by atoms with Crippen molar-refractivity contribution in [3.63, 3.8) is 0 Å². The van der Waals surface area contributed by atoms with E-state index in [1.165, 1.54) is 4.52 Å². The number of aryl methyl sites for hydroxylation is 2. The molecule has 3 aromatic heterocycles. The molecular weight excluding hydrogens is 306 g/mol. The number of likely N-dealkylation sites (tertiary alicyclic amines) is 1. The lowest BCUT2D eigenvalue weighted by Crippen LogP contribution is -2.34. The molecule has 4 rings (SSSR count). The number of H-pyrrole nitrogens is 1. The molecular formula is C17H21N5O2. The minimum Gasteiger partial charge on any atom is -0.361 e. The summed E-state index contributed by atoms with van der Waals surface area (Å²) in [5, 5.41) is 7.12. The third kappa shape index (κ3) is 2.75. The van der Waals surface area contributed by atoms with Crippen molar-refractivity contribution in [2.45, 2.75) is 45.7 Å². The van der Waals surface area contributed by atoms with Gasteiger partial charge in [0.2, 0.25) is 0 Å². The minimum absolute atomic E-state index is 0.0640. The zero-order chi connectivity index (χ0) is 16.7. The molecule has 0 saturated carbocycles. The van der Waals surface area contributed by atoms with Gasteiger partial charge in [-0.15, -0.1) is 0 Å². The third-order valence-electron chi connectivity index (χ3n) is 4.60. The molecule has 7 nitrogen and oxygen atoms in total. The quantitative estimate of drug-likeness (QED) is 0.799. The molecule has 1 saturated heterocycles. The Bertz CT molecular complexity index is 923. The second kappa shape index (κ2) is 5.90. The van der Waals surface area contributed by atoms with Crippen LogP contribution >= 0.6 is 0 Å². The topological polar surface area (TPSA) is 79.4 Å². The van der Waals surface area contributed by atoms with Crippen LogP contribution in [0.1, 0.15) is 48.1 Å². The van der Waals surface area contributed by atoms with Gasteiger partial charge in [-0.1, -0.05) is 11.6 Å². The Kier molecular flexibility index (Phi) is 3.72. The molecule has 0 aromatic carbocycles. The number of nitrogens with one attached hydrogen (secondary N) is 1. The van der Waals surface area contributed by atoms with E-state index in [4.69, 9.17) is 9.51 Å². The van der Waals surface area contributed by atoms with E-state index in [-0.39, 0.29) is 11.6 Å². The van der Waals surface area contributed by atoms with Crippen LogP contribution in [0.5, 0.6) is 0 Å². The standard InChI is InChI=1S/C17H21N5O2/c1-11-7-16-18-14(9-17(23)22(16)19-11)15-5-3-4-6-21(15)10-13-8-12(2)24-20-13/h7-9,15,19H,3-6,10H2,1-2H3/t15-/m0/s1. The van der Waals surface area contributed by atoms with E-state index >= 15 is 0 Å². The zero-order valence-corrected chi connectivity index (χ0v) is 14.0. The average molecular weight is 327 g/mol. The molecule has 0 spiro atoms. The van der Waals surface area contributed by atoms with Gasteiger partial charge >= 0.3 is 0 Å². The maximum Gasteiger partial charge on any atom is 0.272 e. The first kappa shape index (κ1) is 15.1. The van der Waals surface area contributed by atoms with E-state index in [0.29, 0.717) is 5.65 Å². The smallest absolute Gasteiger partial charge is 0.272 e. The number of hydrogen-bond acceptors (Lipinski definition) is 5. The van der Waals surface area contributed by atoms with Crippen molar-refractivity contribution in [2.75, 3.05) is 6.54 Å². The number of hydrogen-bond donors (Lipinski definition) is 1. The summed E-state index contributed by atoms with van der Waals surface area (Å²) in [4.78, 5) is 19.4. The normalized spacial score (nSPS) is 19.2. The van der Waals surface area contributed by atoms with Crippen molar-refractivity contribution in [3.05, 3.63) is 51.4 Å². The Balaban J connectivity index is 1.68. The molecule has 126 valence electrons. The lowest BCUT2D eigenvalue weighted by atomic mass is 9.99. The molecule has 1 aliphatic rings. The van der Waals surface area contributed by atoms with Crippen molar-refractivity contribution >= 4 is 5.65 Å². The minimum atomic E-state index is -0.0640. The second-order valence-corrected chi connectivity index (χ2v) is 6.56. The number of nitrogens with zero attached hydrogens (tertiary/aromatic N) is 4. The van der Waals surface area contributed by atoms with E-state index in [0.717, 1.165) is 55.2 Å². The first-order chi connectivity index (χ1) is 11.6. The molecule has 0 amide bonds. The Morgan fingerprint density at radius 3 is 2.96 bits per heavy atom. The van der Waals surface area contributed by atoms with Gasteiger partial charge in [-0.3, -0.25) is 14.8 Å². The van der Waals surface area contributed by atoms with Gasteiger partial charge in [-0.2, -0.15) is 0 Å². The van der Waals surface area contributed by atoms with Crippen molar-refractivity contribution in [2.24, 2.45) is 0 Å². The molecule has 0 radical (unpaired) electrons. The van der Waals surface area contributed by atoms with Gasteiger partial charge in [0.15, 0.2) is 5.65 Å². The summed E-state index contributed by atoms with van der Waals surface area (Å²) in [6.07, 6.45) is 3.30. The predicted molar refractivity (Wildman–Crippen MR) is 88.8 cm³/mol. The lowest BCUT2D eigenvalue weighted by molar-refractivity contribution is 0.134. The van der Waals surface area contributed by atoms with Gasteiger partial charge in [-0.05, 0) is 33.2 Å². The van der Waals surface area contributed by atoms with Crippen molar-refractivity contribution in [3.8, 4) is 0 Å². The number of aromatic amines is 1. The summed E-state index contributed by atoms with van der Waals surface area (Å²) in [7, 11) is 0. The van der Waals surface area contributed by atoms with Gasteiger partial charge in [0, 0.05) is 30.4 Å². The summed E-state index contributed by atoms with van der Waals surface area (Å²) in [5.74, 6) is 0.819. The molecule has 0 aliphatic carbocycles. The first-order valence-corrected chi connectivity index (χ1v) is 8.36. The van der Waals surface area contributed by atoms with E-state index in [9.17, 15) is 4.79 Å². The molecule has 1 aliphatic heterocycles. The van der Waals surface area contributed by atoms with Crippen LogP contribution in [0, 0.1) is 13.8 Å². The molecule has 0 bridgehead atoms. The van der Waals surface area contributed by atoms with Crippen molar-refractivity contribution < 1.29 is 4.52 Å². The zero-order valence-electron chi connectivity index (χ0n) is 14.0. The summed E-state index contributed by atoms with van der Waals surface area (Å²) in [6.45, 7) is 5.52. The molecule has 1 atom stereocenters. The molecule has 4 heterocycles. The van der Waals surface area contributed by atoms with Crippen LogP contribution in [0.25, 0.3) is 5.65 Å². The SMILES string of the molecule is Cc1cc2nc([C@@H]3CCCCN3Cc3cc(C)on3)cc(=O)n2[nH]1. The average Bonchev–Trinajstić information content (AvgIpc) is 3.13. The third-order valence-corrected chi connectivity index (χ3v) is 4.60. The van der Waals surface area contributed by atoms with E-state index in [1.54, 1.807) is 6.07 Å². The van der Waals surface area contributed by atoms with E-state index in [1.807, 2.05) is 26.0 Å². The van der Waals surface area contributed by atoms with Crippen LogP contribution in [0.15, 0.2) is 27.5 Å². The highest BCUT2D eigenvalue weighted by molar-refractivity contribution is 5.39. The van der Waals surface area contributed by atoms with Crippen molar-refractivity contribution in [1.82, 2.24) is 24.7 Å². The van der Waals surface area contributed by atoms with Crippen LogP contribution in [0.4, 0.5) is 0 Å². The van der Waals surface area contributed by atoms with Gasteiger partial charge < -0.3 is 4.52 Å². The number of rotatable bonds is 3. The predicted octanol–water partition coefficient (Wildman–Crippen LogP) is 2.35. The number of aromatic nitrogens is 4. The largest absolute Gasteiger partial charge is 0.361 e. The lowest BCUT2D eigenvalue weighted by Gasteiger charge is -2.34. The van der Waals surface area contributed by atoms with Crippen LogP contribution in [0.3, 0.4) is 0 Å². The summed E-state index contributed by atoms with van der Waals surface area (Å²) >= 11 is 0. The summed E-state index contributed by atoms with van der Waals surface area (Å²) in [5.41, 5.74) is 3.31. The Morgan fingerprint density at radius 1 is 1.29 bits per heavy atom. The molecule has 1 fully saturated rings. The highest BCUT2D eigenvalue weighted by Crippen LogP contribution is 2.30. The van der Waals surface area contributed by atoms with E-state index < -0.39 is 0 Å². The van der Waals surface area contributed by atoms with Crippen LogP contribution in [-0.2, 0) is 6.54 Å². The maximum absolute atomic E-state index is 12.4. The van der Waals surface area contributed by atoms with Crippen LogP contribution < -0.4 is 5.56 Å². The van der Waals surface area contributed by atoms with Crippen LogP contribution in [-0.4, -0.2) is 31.2 Å². The Morgan fingerprint density at radius 2 is 2.17 bits per heavy atom. The summed E-state index contributed by atoms with van der Waals surface area (Å²) < 4.78 is 6.67. The molecule has 3 aromatic rings. The highest BCUT2D eigenvalue weighted by atomic mass is 16.5. The van der Waals surface area contributed by atoms with Gasteiger partial charge in [-0.25, -0.2) is 9.50 Å². The van der Waals surface area contributed by atoms with E-state index in [2.05, 4.69) is 15.2 Å².